The molecule has 0 spiro atoms. The van der Waals surface area contributed by atoms with Crippen LogP contribution in [0.5, 0.6) is 0 Å². The van der Waals surface area contributed by atoms with E-state index >= 15 is 0 Å². The van der Waals surface area contributed by atoms with Crippen molar-refractivity contribution in [2.24, 2.45) is 5.41 Å². The molecule has 0 aromatic rings. The van der Waals surface area contributed by atoms with Crippen molar-refractivity contribution in [3.8, 4) is 0 Å². The zero-order valence-electron chi connectivity index (χ0n) is 12.4. The maximum atomic E-state index is 12.2. The van der Waals surface area contributed by atoms with Crippen molar-refractivity contribution in [2.75, 3.05) is 33.2 Å². The molecule has 0 bridgehead atoms. The van der Waals surface area contributed by atoms with Gasteiger partial charge < -0.3 is 20.2 Å². The summed E-state index contributed by atoms with van der Waals surface area (Å²) in [4.78, 5) is 38.0. The predicted molar refractivity (Wildman–Crippen MR) is 75.8 cm³/mol. The van der Waals surface area contributed by atoms with Gasteiger partial charge in [0.15, 0.2) is 0 Å². The highest BCUT2D eigenvalue weighted by molar-refractivity contribution is 5.84. The van der Waals surface area contributed by atoms with Gasteiger partial charge in [-0.3, -0.25) is 9.59 Å². The van der Waals surface area contributed by atoms with Crippen LogP contribution in [0, 0.1) is 5.41 Å². The second-order valence-electron chi connectivity index (χ2n) is 6.17. The molecule has 7 nitrogen and oxygen atoms in total. The number of hydrogen-bond donors (Lipinski definition) is 2. The molecule has 1 heterocycles. The van der Waals surface area contributed by atoms with Crippen molar-refractivity contribution in [3.05, 3.63) is 0 Å². The van der Waals surface area contributed by atoms with Crippen LogP contribution in [0.3, 0.4) is 0 Å². The Labute approximate surface area is 124 Å². The summed E-state index contributed by atoms with van der Waals surface area (Å²) in [7, 11) is 1.74. The van der Waals surface area contributed by atoms with Crippen LogP contribution < -0.4 is 5.32 Å². The molecular weight excluding hydrogens is 274 g/mol. The third kappa shape index (κ3) is 3.86. The first-order valence-electron chi connectivity index (χ1n) is 7.40. The summed E-state index contributed by atoms with van der Waals surface area (Å²) in [6.45, 7) is 1.67. The fourth-order valence-corrected chi connectivity index (χ4v) is 2.95. The number of nitrogens with one attached hydrogen (secondary N) is 1. The second kappa shape index (κ2) is 6.32. The Balaban J connectivity index is 1.86. The highest BCUT2D eigenvalue weighted by Gasteiger charge is 2.39. The number of rotatable bonds is 4. The standard InChI is InChI=1S/C14H23N3O4/c1-16-6-3-7-17(9-11(16)18)13(21)15-10-14(4-2-5-14)8-12(19)20/h2-10H2,1H3,(H,15,21)(H,19,20). The summed E-state index contributed by atoms with van der Waals surface area (Å²) in [5.41, 5.74) is -0.297. The molecule has 118 valence electrons. The van der Waals surface area contributed by atoms with Gasteiger partial charge in [-0.15, -0.1) is 0 Å². The summed E-state index contributed by atoms with van der Waals surface area (Å²) in [5.74, 6) is -0.887. The average molecular weight is 297 g/mol. The first-order valence-corrected chi connectivity index (χ1v) is 7.40. The first kappa shape index (κ1) is 15.6. The van der Waals surface area contributed by atoms with Gasteiger partial charge in [0, 0.05) is 26.7 Å². The summed E-state index contributed by atoms with van der Waals surface area (Å²) in [6.07, 6.45) is 3.53. The van der Waals surface area contributed by atoms with E-state index in [1.54, 1.807) is 11.9 Å². The fraction of sp³-hybridized carbons (Fsp3) is 0.786. The molecule has 2 aliphatic rings. The molecule has 21 heavy (non-hydrogen) atoms. The third-order valence-electron chi connectivity index (χ3n) is 4.52. The SMILES string of the molecule is CN1CCCN(C(=O)NCC2(CC(=O)O)CCC2)CC1=O. The van der Waals surface area contributed by atoms with Crippen molar-refractivity contribution in [2.45, 2.75) is 32.1 Å². The smallest absolute Gasteiger partial charge is 0.317 e. The maximum absolute atomic E-state index is 12.2. The van der Waals surface area contributed by atoms with Gasteiger partial charge in [-0.25, -0.2) is 4.79 Å². The van der Waals surface area contributed by atoms with Crippen LogP contribution in [-0.4, -0.2) is 66.0 Å². The monoisotopic (exact) mass is 297 g/mol. The minimum absolute atomic E-state index is 0.0634. The van der Waals surface area contributed by atoms with E-state index in [-0.39, 0.29) is 30.3 Å². The van der Waals surface area contributed by atoms with E-state index in [0.717, 1.165) is 25.7 Å². The van der Waals surface area contributed by atoms with Crippen molar-refractivity contribution >= 4 is 17.9 Å². The van der Waals surface area contributed by atoms with Gasteiger partial charge in [0.2, 0.25) is 5.91 Å². The zero-order chi connectivity index (χ0) is 15.5. The van der Waals surface area contributed by atoms with Gasteiger partial charge >= 0.3 is 12.0 Å². The van der Waals surface area contributed by atoms with Crippen molar-refractivity contribution in [3.63, 3.8) is 0 Å². The number of carboxylic acids is 1. The summed E-state index contributed by atoms with van der Waals surface area (Å²) >= 11 is 0. The number of nitrogens with zero attached hydrogens (tertiary/aromatic N) is 2. The van der Waals surface area contributed by atoms with E-state index < -0.39 is 5.97 Å². The molecule has 0 aromatic heterocycles. The van der Waals surface area contributed by atoms with Crippen LogP contribution in [0.1, 0.15) is 32.1 Å². The molecule has 1 aliphatic heterocycles. The number of carbonyl (C=O) groups excluding carboxylic acids is 2. The van der Waals surface area contributed by atoms with Crippen LogP contribution in [-0.2, 0) is 9.59 Å². The number of likely N-dealkylation sites (N-methyl/N-ethyl adjacent to an activating group) is 1. The maximum Gasteiger partial charge on any atom is 0.317 e. The van der Waals surface area contributed by atoms with E-state index in [1.165, 1.54) is 4.90 Å². The molecule has 0 atom stereocenters. The van der Waals surface area contributed by atoms with Gasteiger partial charge in [0.1, 0.15) is 6.54 Å². The topological polar surface area (TPSA) is 89.9 Å². The molecule has 2 N–H and O–H groups in total. The molecule has 1 saturated carbocycles. The Kier molecular flexibility index (Phi) is 4.69. The lowest BCUT2D eigenvalue weighted by atomic mass is 9.66. The van der Waals surface area contributed by atoms with Crippen molar-refractivity contribution < 1.29 is 19.5 Å². The molecule has 0 unspecified atom stereocenters. The highest BCUT2D eigenvalue weighted by atomic mass is 16.4. The predicted octanol–water partition coefficient (Wildman–Crippen LogP) is 0.505. The Morgan fingerprint density at radius 1 is 1.29 bits per heavy atom. The van der Waals surface area contributed by atoms with Crippen LogP contribution >= 0.6 is 0 Å². The van der Waals surface area contributed by atoms with Crippen LogP contribution in [0.2, 0.25) is 0 Å². The molecule has 0 radical (unpaired) electrons. The Morgan fingerprint density at radius 2 is 2.00 bits per heavy atom. The van der Waals surface area contributed by atoms with Gasteiger partial charge in [0.25, 0.3) is 0 Å². The number of hydrogen-bond acceptors (Lipinski definition) is 3. The zero-order valence-corrected chi connectivity index (χ0v) is 12.4. The lowest BCUT2D eigenvalue weighted by Gasteiger charge is -2.41. The van der Waals surface area contributed by atoms with Crippen molar-refractivity contribution in [1.29, 1.82) is 0 Å². The van der Waals surface area contributed by atoms with Gasteiger partial charge in [-0.05, 0) is 24.7 Å². The molecule has 1 aliphatic carbocycles. The summed E-state index contributed by atoms with van der Waals surface area (Å²) in [6, 6.07) is -0.268. The van der Waals surface area contributed by atoms with Gasteiger partial charge in [-0.2, -0.15) is 0 Å². The Hall–Kier alpha value is -1.79. The van der Waals surface area contributed by atoms with Gasteiger partial charge in [-0.1, -0.05) is 6.42 Å². The quantitative estimate of drug-likeness (QED) is 0.791. The van der Waals surface area contributed by atoms with Crippen molar-refractivity contribution in [1.82, 2.24) is 15.1 Å². The number of urea groups is 1. The van der Waals surface area contributed by atoms with E-state index in [0.29, 0.717) is 19.6 Å². The number of carbonyl (C=O) groups is 3. The lowest BCUT2D eigenvalue weighted by Crippen LogP contribution is -2.49. The van der Waals surface area contributed by atoms with E-state index in [4.69, 9.17) is 5.11 Å². The minimum Gasteiger partial charge on any atom is -0.481 e. The normalized spacial score (nSPS) is 21.5. The summed E-state index contributed by atoms with van der Waals surface area (Å²) in [5, 5.41) is 11.8. The highest BCUT2D eigenvalue weighted by Crippen LogP contribution is 2.43. The third-order valence-corrected chi connectivity index (χ3v) is 4.52. The first-order chi connectivity index (χ1) is 9.92. The molecule has 0 aromatic carbocycles. The Morgan fingerprint density at radius 3 is 2.57 bits per heavy atom. The van der Waals surface area contributed by atoms with Crippen LogP contribution in [0.25, 0.3) is 0 Å². The molecule has 3 amide bonds. The minimum atomic E-state index is -0.824. The molecular formula is C14H23N3O4. The molecule has 1 saturated heterocycles. The van der Waals surface area contributed by atoms with Gasteiger partial charge in [0.05, 0.1) is 6.42 Å². The fourth-order valence-electron chi connectivity index (χ4n) is 2.95. The van der Waals surface area contributed by atoms with E-state index in [9.17, 15) is 14.4 Å². The number of aliphatic carboxylic acids is 1. The van der Waals surface area contributed by atoms with E-state index in [1.807, 2.05) is 0 Å². The second-order valence-corrected chi connectivity index (χ2v) is 6.17. The van der Waals surface area contributed by atoms with Crippen LogP contribution in [0.4, 0.5) is 4.79 Å². The largest absolute Gasteiger partial charge is 0.481 e. The Bertz CT molecular complexity index is 434. The molecule has 2 rings (SSSR count). The average Bonchev–Trinajstić information content (AvgIpc) is 2.54. The lowest BCUT2D eigenvalue weighted by molar-refractivity contribution is -0.141. The molecule has 7 heteroatoms. The van der Waals surface area contributed by atoms with E-state index in [2.05, 4.69) is 5.32 Å². The number of carboxylic acid groups (broad SMARTS) is 1. The number of amides is 3. The molecule has 2 fully saturated rings. The van der Waals surface area contributed by atoms with Crippen LogP contribution in [0.15, 0.2) is 0 Å². The summed E-state index contributed by atoms with van der Waals surface area (Å²) < 4.78 is 0.